The van der Waals surface area contributed by atoms with Crippen LogP contribution in [-0.2, 0) is 37.1 Å². The predicted octanol–water partition coefficient (Wildman–Crippen LogP) is 5.46. The number of carbonyl (C=O) groups is 6. The number of piperidine rings is 1. The molecule has 1 unspecified atom stereocenters. The summed E-state index contributed by atoms with van der Waals surface area (Å²) in [5.74, 6) is -3.45. The summed E-state index contributed by atoms with van der Waals surface area (Å²) in [5.41, 5.74) is 5.91. The van der Waals surface area contributed by atoms with Crippen molar-refractivity contribution in [1.82, 2.24) is 40.2 Å². The highest BCUT2D eigenvalue weighted by molar-refractivity contribution is 7.14. The number of aliphatic hydroxyl groups excluding tert-OH is 1. The highest BCUT2D eigenvalue weighted by Gasteiger charge is 2.45. The number of rotatable bonds is 15. The van der Waals surface area contributed by atoms with Gasteiger partial charge in [-0.2, -0.15) is 0 Å². The molecule has 75 heavy (non-hydrogen) atoms. The highest BCUT2D eigenvalue weighted by atomic mass is 32.1. The first kappa shape index (κ1) is 53.0. The van der Waals surface area contributed by atoms with Crippen molar-refractivity contribution in [2.75, 3.05) is 56.0 Å². The number of aryl methyl sites for hydroxylation is 1. The van der Waals surface area contributed by atoms with E-state index < -0.39 is 65.0 Å². The number of nitrogens with one attached hydrogen (secondary N) is 3. The minimum absolute atomic E-state index is 0.0255. The zero-order valence-corrected chi connectivity index (χ0v) is 44.1. The van der Waals surface area contributed by atoms with Crippen molar-refractivity contribution in [2.45, 2.75) is 103 Å². The topological polar surface area (TPSA) is 221 Å². The van der Waals surface area contributed by atoms with Crippen molar-refractivity contribution in [1.29, 1.82) is 0 Å². The zero-order chi connectivity index (χ0) is 53.1. The maximum Gasteiger partial charge on any atom is 0.255 e. The third-order valence-corrected chi connectivity index (χ3v) is 16.4. The van der Waals surface area contributed by atoms with Gasteiger partial charge in [-0.15, -0.1) is 22.7 Å². The van der Waals surface area contributed by atoms with E-state index in [0.717, 1.165) is 65.4 Å². The summed E-state index contributed by atoms with van der Waals surface area (Å²) < 4.78 is 14.5. The Labute approximate surface area is 442 Å². The molecule has 0 spiro atoms. The summed E-state index contributed by atoms with van der Waals surface area (Å²) in [6, 6.07) is 13.9. The number of aromatic hydroxyl groups is 1. The summed E-state index contributed by atoms with van der Waals surface area (Å²) in [6.45, 7) is 11.6. The van der Waals surface area contributed by atoms with E-state index in [4.69, 9.17) is 0 Å². The van der Waals surface area contributed by atoms with E-state index in [2.05, 4.69) is 35.7 Å². The summed E-state index contributed by atoms with van der Waals surface area (Å²) in [6.07, 6.45) is 2.28. The number of likely N-dealkylation sites (tertiary alicyclic amines) is 1. The van der Waals surface area contributed by atoms with Gasteiger partial charge in [0, 0.05) is 113 Å². The monoisotopic (exact) mass is 1060 g/mol. The summed E-state index contributed by atoms with van der Waals surface area (Å²) in [7, 11) is 0. The second-order valence-corrected chi connectivity index (χ2v) is 22.5. The average Bonchev–Trinajstić information content (AvgIpc) is 4.23. The second kappa shape index (κ2) is 22.6. The summed E-state index contributed by atoms with van der Waals surface area (Å²) in [5, 5.41) is 31.9. The average molecular weight is 1060 g/mol. The van der Waals surface area contributed by atoms with E-state index in [1.807, 2.05) is 70.2 Å². The maximum atomic E-state index is 14.5. The third-order valence-electron chi connectivity index (χ3n) is 14.7. The molecular weight excluding hydrogens is 1000 g/mol. The molecular formula is C54H63FN10O8S2. The SMILES string of the molecule is Cc1ncsc1-c1ccc(CNC(=O)[C@@H]2C[C@@H](O)CN2C(=O)[C@@H](NC(=O)CCC(=O)N2CCN(C3CCN(c4ccc5c(c4)C(=O)N(C(C(=O)Nc4nccs4)c4cc(F)ccc4O)C5)CC3)CC2)C(C)(C)C)cc1. The standard InChI is InChI=1S/C54H63FN10O8S2/c1-32-47(75-31-58-32)34-7-5-33(6-8-34)28-57-49(70)42-27-39(66)30-64(42)52(73)48(54(2,3)4)59-44(68)13-14-45(69)63-22-20-62(21-23-63)37-15-18-61(19-16-37)38-11-9-35-29-65(51(72)40(35)26-38)46(41-25-36(55)10-12-43(41)67)50(71)60-53-56-17-24-74-53/h5-12,17,24-26,31,37,39,42,46,48,66-67H,13-16,18-23,27-30H2,1-4H3,(H,57,70)(H,59,68)(H,56,60,71)/t39-,42+,46?,48-/m1/s1. The fraction of sp³-hybridized carbons (Fsp3) is 0.444. The predicted molar refractivity (Wildman–Crippen MR) is 282 cm³/mol. The van der Waals surface area contributed by atoms with Crippen molar-refractivity contribution in [2.24, 2.45) is 5.41 Å². The molecule has 0 saturated carbocycles. The van der Waals surface area contributed by atoms with Crippen molar-refractivity contribution < 1.29 is 43.4 Å². The molecule has 6 amide bonds. The van der Waals surface area contributed by atoms with E-state index >= 15 is 0 Å². The number of fused-ring (bicyclic) bond motifs is 1. The molecule has 5 N–H and O–H groups in total. The Morgan fingerprint density at radius 2 is 1.65 bits per heavy atom. The molecule has 4 atom stereocenters. The third kappa shape index (κ3) is 12.0. The molecule has 3 aromatic carbocycles. The lowest BCUT2D eigenvalue weighted by Crippen LogP contribution is -2.57. The molecule has 21 heteroatoms. The van der Waals surface area contributed by atoms with Crippen LogP contribution in [0.15, 0.2) is 77.8 Å². The van der Waals surface area contributed by atoms with Crippen molar-refractivity contribution in [3.8, 4) is 16.2 Å². The lowest BCUT2D eigenvalue weighted by Gasteiger charge is -2.43. The molecule has 18 nitrogen and oxygen atoms in total. The minimum atomic E-state index is -1.32. The van der Waals surface area contributed by atoms with Crippen LogP contribution in [0.5, 0.6) is 5.75 Å². The molecule has 4 aliphatic heterocycles. The van der Waals surface area contributed by atoms with Gasteiger partial charge >= 0.3 is 0 Å². The Morgan fingerprint density at radius 1 is 0.907 bits per heavy atom. The van der Waals surface area contributed by atoms with Crippen LogP contribution < -0.4 is 20.9 Å². The number of phenols is 1. The number of amides is 6. The van der Waals surface area contributed by atoms with Crippen molar-refractivity contribution >= 4 is 68.9 Å². The number of benzene rings is 3. The van der Waals surface area contributed by atoms with Crippen molar-refractivity contribution in [3.63, 3.8) is 0 Å². The number of anilines is 2. The van der Waals surface area contributed by atoms with E-state index in [0.29, 0.717) is 42.4 Å². The fourth-order valence-corrected chi connectivity index (χ4v) is 11.9. The summed E-state index contributed by atoms with van der Waals surface area (Å²) >= 11 is 2.76. The molecule has 3 saturated heterocycles. The number of hydrogen-bond donors (Lipinski definition) is 5. The lowest BCUT2D eigenvalue weighted by atomic mass is 9.85. The van der Waals surface area contributed by atoms with Crippen LogP contribution in [-0.4, -0.2) is 145 Å². The quantitative estimate of drug-likeness (QED) is 0.0883. The van der Waals surface area contributed by atoms with Gasteiger partial charge in [0.05, 0.1) is 22.2 Å². The Hall–Kier alpha value is -6.81. The Bertz CT molecular complexity index is 2910. The van der Waals surface area contributed by atoms with Gasteiger partial charge in [-0.25, -0.2) is 14.4 Å². The molecule has 9 rings (SSSR count). The van der Waals surface area contributed by atoms with Gasteiger partial charge in [0.2, 0.25) is 23.6 Å². The number of aromatic nitrogens is 2. The Morgan fingerprint density at radius 3 is 2.33 bits per heavy atom. The van der Waals surface area contributed by atoms with Crippen LogP contribution in [0.3, 0.4) is 0 Å². The van der Waals surface area contributed by atoms with Crippen LogP contribution >= 0.6 is 22.7 Å². The fourth-order valence-electron chi connectivity index (χ4n) is 10.6. The van der Waals surface area contributed by atoms with Gasteiger partial charge in [-0.05, 0) is 72.2 Å². The normalized spacial score (nSPS) is 19.2. The summed E-state index contributed by atoms with van der Waals surface area (Å²) in [4.78, 5) is 101. The molecule has 3 fully saturated rings. The number of aliphatic hydroxyl groups is 1. The van der Waals surface area contributed by atoms with Crippen LogP contribution in [0.25, 0.3) is 10.4 Å². The van der Waals surface area contributed by atoms with Gasteiger partial charge < -0.3 is 40.4 Å². The number of thiazole rings is 2. The Kier molecular flexibility index (Phi) is 16.0. The van der Waals surface area contributed by atoms with Crippen LogP contribution in [0.1, 0.15) is 91.7 Å². The number of halogens is 1. The number of β-amino-alcohol motifs (C(OH)–C–C–N with tert-alkyl or cyclic N) is 1. The van der Waals surface area contributed by atoms with E-state index in [1.54, 1.807) is 27.1 Å². The first-order valence-electron chi connectivity index (χ1n) is 25.4. The van der Waals surface area contributed by atoms with E-state index in [-0.39, 0.29) is 62.2 Å². The van der Waals surface area contributed by atoms with E-state index in [1.165, 1.54) is 33.4 Å². The first-order valence-corrected chi connectivity index (χ1v) is 27.1. The number of nitrogens with zero attached hydrogens (tertiary/aromatic N) is 7. The molecule has 0 aliphatic carbocycles. The molecule has 4 aliphatic rings. The second-order valence-electron chi connectivity index (χ2n) is 20.8. The highest BCUT2D eigenvalue weighted by Crippen LogP contribution is 2.38. The largest absolute Gasteiger partial charge is 0.508 e. The van der Waals surface area contributed by atoms with Crippen LogP contribution in [0.2, 0.25) is 0 Å². The molecule has 5 aromatic rings. The van der Waals surface area contributed by atoms with Gasteiger partial charge in [-0.3, -0.25) is 39.0 Å². The van der Waals surface area contributed by atoms with E-state index in [9.17, 15) is 43.4 Å². The number of piperazine rings is 1. The first-order chi connectivity index (χ1) is 35.9. The molecule has 0 bridgehead atoms. The number of phenolic OH excluding ortho intramolecular Hbond substituents is 1. The Balaban J connectivity index is 0.728. The minimum Gasteiger partial charge on any atom is -0.508 e. The smallest absolute Gasteiger partial charge is 0.255 e. The molecule has 396 valence electrons. The lowest BCUT2D eigenvalue weighted by molar-refractivity contribution is -0.144. The number of carbonyl (C=O) groups excluding carboxylic acids is 6. The maximum absolute atomic E-state index is 14.5. The van der Waals surface area contributed by atoms with Crippen molar-refractivity contribution in [3.05, 3.63) is 112 Å². The van der Waals surface area contributed by atoms with Gasteiger partial charge in [0.15, 0.2) is 5.13 Å². The number of hydrogen-bond acceptors (Lipinski definition) is 14. The van der Waals surface area contributed by atoms with Crippen LogP contribution in [0, 0.1) is 18.2 Å². The van der Waals surface area contributed by atoms with Gasteiger partial charge in [0.25, 0.3) is 11.8 Å². The zero-order valence-electron chi connectivity index (χ0n) is 42.5. The van der Waals surface area contributed by atoms with Crippen LogP contribution in [0.4, 0.5) is 15.2 Å². The molecule has 2 aromatic heterocycles. The molecule has 6 heterocycles. The van der Waals surface area contributed by atoms with Gasteiger partial charge in [-0.1, -0.05) is 51.1 Å². The van der Waals surface area contributed by atoms with Gasteiger partial charge in [0.1, 0.15) is 29.7 Å². The molecule has 0 radical (unpaired) electrons.